The van der Waals surface area contributed by atoms with Crippen molar-refractivity contribution >= 4 is 29.1 Å². The molecule has 21 heavy (non-hydrogen) atoms. The van der Waals surface area contributed by atoms with Gasteiger partial charge in [-0.25, -0.2) is 0 Å². The predicted octanol–water partition coefficient (Wildman–Crippen LogP) is 3.14. The average Bonchev–Trinajstić information content (AvgIpc) is 3.10. The molecule has 1 aromatic rings. The molecular weight excluding hydrogens is 288 g/mol. The van der Waals surface area contributed by atoms with E-state index in [1.165, 1.54) is 12.8 Å². The van der Waals surface area contributed by atoms with Gasteiger partial charge >= 0.3 is 0 Å². The predicted molar refractivity (Wildman–Crippen MR) is 82.8 cm³/mol. The van der Waals surface area contributed by atoms with E-state index < -0.39 is 0 Å². The molecule has 1 aliphatic carbocycles. The van der Waals surface area contributed by atoms with Crippen molar-refractivity contribution in [1.82, 2.24) is 5.32 Å². The summed E-state index contributed by atoms with van der Waals surface area (Å²) in [4.78, 5) is 26.1. The minimum absolute atomic E-state index is 0.0622. The Morgan fingerprint density at radius 3 is 2.67 bits per heavy atom. The van der Waals surface area contributed by atoms with Crippen LogP contribution in [0.5, 0.6) is 0 Å². The number of nitrogens with one attached hydrogen (secondary N) is 1. The van der Waals surface area contributed by atoms with Crippen molar-refractivity contribution < 1.29 is 9.59 Å². The molecule has 5 heteroatoms. The molecule has 0 bridgehead atoms. The highest BCUT2D eigenvalue weighted by molar-refractivity contribution is 6.31. The lowest BCUT2D eigenvalue weighted by atomic mass is 10.1. The Morgan fingerprint density at radius 1 is 1.24 bits per heavy atom. The van der Waals surface area contributed by atoms with Crippen LogP contribution in [-0.2, 0) is 4.79 Å². The molecule has 1 saturated carbocycles. The van der Waals surface area contributed by atoms with Crippen molar-refractivity contribution in [2.75, 3.05) is 11.4 Å². The number of hydrogen-bond acceptors (Lipinski definition) is 2. The zero-order valence-electron chi connectivity index (χ0n) is 11.9. The Kier molecular flexibility index (Phi) is 4.15. The van der Waals surface area contributed by atoms with Crippen LogP contribution in [0.1, 0.15) is 48.9 Å². The molecule has 0 spiro atoms. The molecule has 2 aliphatic rings. The van der Waals surface area contributed by atoms with Gasteiger partial charge in [0, 0.05) is 24.0 Å². The second-order valence-corrected chi connectivity index (χ2v) is 6.20. The van der Waals surface area contributed by atoms with E-state index in [1.807, 2.05) is 0 Å². The molecule has 1 aromatic carbocycles. The van der Waals surface area contributed by atoms with Crippen LogP contribution >= 0.6 is 11.6 Å². The third-order valence-corrected chi connectivity index (χ3v) is 4.49. The molecule has 1 heterocycles. The van der Waals surface area contributed by atoms with Crippen LogP contribution in [-0.4, -0.2) is 24.4 Å². The minimum atomic E-state index is -0.103. The van der Waals surface area contributed by atoms with Crippen molar-refractivity contribution in [1.29, 1.82) is 0 Å². The lowest BCUT2D eigenvalue weighted by molar-refractivity contribution is -0.117. The summed E-state index contributed by atoms with van der Waals surface area (Å²) in [6, 6.07) is 5.40. The lowest BCUT2D eigenvalue weighted by Gasteiger charge is -2.21. The summed E-state index contributed by atoms with van der Waals surface area (Å²) >= 11 is 6.05. The zero-order valence-corrected chi connectivity index (χ0v) is 12.7. The van der Waals surface area contributed by atoms with E-state index in [2.05, 4.69) is 5.32 Å². The summed E-state index contributed by atoms with van der Waals surface area (Å²) in [6.45, 7) is 0.656. The molecule has 1 saturated heterocycles. The van der Waals surface area contributed by atoms with Crippen LogP contribution in [0.4, 0.5) is 5.69 Å². The van der Waals surface area contributed by atoms with E-state index in [4.69, 9.17) is 11.6 Å². The van der Waals surface area contributed by atoms with Crippen LogP contribution in [0.15, 0.2) is 18.2 Å². The highest BCUT2D eigenvalue weighted by atomic mass is 35.5. The van der Waals surface area contributed by atoms with E-state index in [9.17, 15) is 9.59 Å². The van der Waals surface area contributed by atoms with E-state index in [1.54, 1.807) is 23.1 Å². The van der Waals surface area contributed by atoms with Gasteiger partial charge in [0.05, 0.1) is 11.3 Å². The van der Waals surface area contributed by atoms with Crippen LogP contribution in [0.25, 0.3) is 0 Å². The monoisotopic (exact) mass is 306 g/mol. The van der Waals surface area contributed by atoms with E-state index in [-0.39, 0.29) is 17.9 Å². The Labute approximate surface area is 129 Å². The molecule has 3 rings (SSSR count). The smallest absolute Gasteiger partial charge is 0.253 e. The first-order chi connectivity index (χ1) is 10.1. The molecule has 1 N–H and O–H groups in total. The van der Waals surface area contributed by atoms with E-state index >= 15 is 0 Å². The molecule has 0 unspecified atom stereocenters. The molecule has 0 atom stereocenters. The van der Waals surface area contributed by atoms with Gasteiger partial charge in [-0.05, 0) is 37.5 Å². The number of halogens is 1. The van der Waals surface area contributed by atoms with Crippen LogP contribution < -0.4 is 10.2 Å². The summed E-state index contributed by atoms with van der Waals surface area (Å²) in [7, 11) is 0. The first kappa shape index (κ1) is 14.4. The van der Waals surface area contributed by atoms with Crippen molar-refractivity contribution in [3.05, 3.63) is 28.8 Å². The Hall–Kier alpha value is -1.55. The Morgan fingerprint density at radius 2 is 2.00 bits per heavy atom. The molecule has 1 aliphatic heterocycles. The van der Waals surface area contributed by atoms with Crippen molar-refractivity contribution in [2.45, 2.75) is 44.6 Å². The topological polar surface area (TPSA) is 49.4 Å². The number of carbonyl (C=O) groups is 2. The summed E-state index contributed by atoms with van der Waals surface area (Å²) in [5.41, 5.74) is 1.18. The molecule has 4 nitrogen and oxygen atoms in total. The van der Waals surface area contributed by atoms with Gasteiger partial charge < -0.3 is 10.2 Å². The van der Waals surface area contributed by atoms with Gasteiger partial charge in [-0.1, -0.05) is 24.4 Å². The minimum Gasteiger partial charge on any atom is -0.349 e. The van der Waals surface area contributed by atoms with Crippen LogP contribution in [0.2, 0.25) is 5.02 Å². The average molecular weight is 307 g/mol. The first-order valence-corrected chi connectivity index (χ1v) is 7.94. The molecule has 2 amide bonds. The number of nitrogens with zero attached hydrogens (tertiary/aromatic N) is 1. The highest BCUT2D eigenvalue weighted by Crippen LogP contribution is 2.29. The third kappa shape index (κ3) is 3.05. The zero-order chi connectivity index (χ0) is 14.8. The molecule has 2 fully saturated rings. The maximum Gasteiger partial charge on any atom is 0.253 e. The quantitative estimate of drug-likeness (QED) is 0.932. The van der Waals surface area contributed by atoms with Crippen molar-refractivity contribution in [3.8, 4) is 0 Å². The molecular formula is C16H19ClN2O2. The summed E-state index contributed by atoms with van der Waals surface area (Å²) in [5, 5.41) is 3.62. The fourth-order valence-corrected chi connectivity index (χ4v) is 3.32. The number of benzene rings is 1. The summed E-state index contributed by atoms with van der Waals surface area (Å²) in [5.74, 6) is -0.0413. The first-order valence-electron chi connectivity index (χ1n) is 7.56. The number of anilines is 1. The van der Waals surface area contributed by atoms with E-state index in [0.29, 0.717) is 29.2 Å². The number of amides is 2. The number of rotatable bonds is 3. The molecule has 0 aromatic heterocycles. The standard InChI is InChI=1S/C16H19ClN2O2/c17-11-7-8-13(16(21)18-12-4-1-2-5-12)14(10-11)19-9-3-6-15(19)20/h7-8,10,12H,1-6,9H2,(H,18,21). The fraction of sp³-hybridized carbons (Fsp3) is 0.500. The van der Waals surface area contributed by atoms with Crippen molar-refractivity contribution in [3.63, 3.8) is 0 Å². The highest BCUT2D eigenvalue weighted by Gasteiger charge is 2.27. The van der Waals surface area contributed by atoms with Gasteiger partial charge in [-0.2, -0.15) is 0 Å². The number of hydrogen-bond donors (Lipinski definition) is 1. The molecule has 0 radical (unpaired) electrons. The second kappa shape index (κ2) is 6.06. The van der Waals surface area contributed by atoms with E-state index in [0.717, 1.165) is 19.3 Å². The molecule has 112 valence electrons. The van der Waals surface area contributed by atoms with Gasteiger partial charge in [-0.3, -0.25) is 9.59 Å². The number of carbonyl (C=O) groups excluding carboxylic acids is 2. The van der Waals surface area contributed by atoms with Gasteiger partial charge in [-0.15, -0.1) is 0 Å². The van der Waals surface area contributed by atoms with Crippen LogP contribution in [0.3, 0.4) is 0 Å². The van der Waals surface area contributed by atoms with Crippen molar-refractivity contribution in [2.24, 2.45) is 0 Å². The maximum absolute atomic E-state index is 12.5. The summed E-state index contributed by atoms with van der Waals surface area (Å²) < 4.78 is 0. The SMILES string of the molecule is O=C(NC1CCCC1)c1ccc(Cl)cc1N1CCCC1=O. The van der Waals surface area contributed by atoms with Gasteiger partial charge in [0.1, 0.15) is 0 Å². The Bertz CT molecular complexity index is 567. The summed E-state index contributed by atoms with van der Waals surface area (Å²) in [6.07, 6.45) is 5.78. The largest absolute Gasteiger partial charge is 0.349 e. The maximum atomic E-state index is 12.5. The lowest BCUT2D eigenvalue weighted by Crippen LogP contribution is -2.34. The third-order valence-electron chi connectivity index (χ3n) is 4.26. The Balaban J connectivity index is 1.86. The van der Waals surface area contributed by atoms with Gasteiger partial charge in [0.2, 0.25) is 5.91 Å². The second-order valence-electron chi connectivity index (χ2n) is 5.77. The van der Waals surface area contributed by atoms with Crippen LogP contribution in [0, 0.1) is 0 Å². The fourth-order valence-electron chi connectivity index (χ4n) is 3.16. The van der Waals surface area contributed by atoms with Gasteiger partial charge in [0.25, 0.3) is 5.91 Å². The normalized spacial score (nSPS) is 19.3. The van der Waals surface area contributed by atoms with Gasteiger partial charge in [0.15, 0.2) is 0 Å².